The van der Waals surface area contributed by atoms with E-state index in [9.17, 15) is 27.9 Å². The van der Waals surface area contributed by atoms with Gasteiger partial charge in [0.05, 0.1) is 0 Å². The van der Waals surface area contributed by atoms with Crippen LogP contribution in [0.3, 0.4) is 0 Å². The molecule has 3 fully saturated rings. The van der Waals surface area contributed by atoms with Crippen LogP contribution in [0.4, 0.5) is 24.9 Å². The van der Waals surface area contributed by atoms with E-state index in [0.29, 0.717) is 55.8 Å². The molecule has 0 saturated carbocycles. The zero-order valence-corrected chi connectivity index (χ0v) is 25.3. The highest BCUT2D eigenvalue weighted by Crippen LogP contribution is 2.41. The Bertz CT molecular complexity index is 1570. The molecule has 10 nitrogen and oxygen atoms in total. The van der Waals surface area contributed by atoms with Crippen molar-refractivity contribution in [2.24, 2.45) is 5.41 Å². The first-order valence-corrected chi connectivity index (χ1v) is 15.6. The minimum atomic E-state index is -4.75. The fourth-order valence-corrected chi connectivity index (χ4v) is 6.74. The molecular weight excluding hydrogens is 601 g/mol. The van der Waals surface area contributed by atoms with Crippen LogP contribution in [-0.4, -0.2) is 76.8 Å². The molecular formula is C33H37F3N6O4. The van der Waals surface area contributed by atoms with Crippen molar-refractivity contribution >= 4 is 23.6 Å². The van der Waals surface area contributed by atoms with E-state index in [-0.39, 0.29) is 28.7 Å². The Labute approximate surface area is 264 Å². The summed E-state index contributed by atoms with van der Waals surface area (Å²) in [7, 11) is 0. The van der Waals surface area contributed by atoms with E-state index >= 15 is 0 Å². The number of amides is 1. The Morgan fingerprint density at radius 1 is 0.978 bits per heavy atom. The number of ether oxygens (including phenoxy) is 1. The number of nitrogens with zero attached hydrogens (tertiary/aromatic N) is 4. The number of piperidine rings is 2. The lowest BCUT2D eigenvalue weighted by Crippen LogP contribution is -2.41. The van der Waals surface area contributed by atoms with Gasteiger partial charge in [0.25, 0.3) is 5.91 Å². The standard InChI is InChI=1S/C33H37F3N6O4/c34-33(35,36)28(22-9-7-21(8-10-22)23-5-4-6-24(17-23)29(43)42-13-2-1-3-14-42)46-27-18-26(39-31(37)40-27)41-15-11-32(12-16-41)19-25(30(44)45)38-20-32/h4-10,17-18,25,28,38H,1-3,11-16,19-20H2,(H,44,45)(H2,37,39,40)/t25-,28+/m0/s1. The zero-order chi connectivity index (χ0) is 32.5. The van der Waals surface area contributed by atoms with Gasteiger partial charge in [0.15, 0.2) is 0 Å². The molecule has 3 aromatic rings. The number of carbonyl (C=O) groups excluding carboxylic acids is 1. The monoisotopic (exact) mass is 638 g/mol. The van der Waals surface area contributed by atoms with Crippen molar-refractivity contribution in [1.29, 1.82) is 0 Å². The molecule has 13 heteroatoms. The predicted molar refractivity (Wildman–Crippen MR) is 165 cm³/mol. The molecule has 1 spiro atoms. The van der Waals surface area contributed by atoms with Gasteiger partial charge in [-0.3, -0.25) is 9.59 Å². The smallest absolute Gasteiger partial charge is 0.429 e. The summed E-state index contributed by atoms with van der Waals surface area (Å²) in [4.78, 5) is 36.3. The van der Waals surface area contributed by atoms with E-state index in [2.05, 4.69) is 15.3 Å². The van der Waals surface area contributed by atoms with Gasteiger partial charge in [-0.15, -0.1) is 0 Å². The van der Waals surface area contributed by atoms with Crippen LogP contribution in [0, 0.1) is 5.41 Å². The summed E-state index contributed by atoms with van der Waals surface area (Å²) in [6.45, 7) is 3.13. The highest BCUT2D eigenvalue weighted by Gasteiger charge is 2.45. The fourth-order valence-electron chi connectivity index (χ4n) is 6.74. The molecule has 4 N–H and O–H groups in total. The number of alkyl halides is 3. The maximum Gasteiger partial charge on any atom is 0.429 e. The lowest BCUT2D eigenvalue weighted by atomic mass is 9.76. The molecule has 1 aromatic heterocycles. The molecule has 3 aliphatic heterocycles. The third-order valence-corrected chi connectivity index (χ3v) is 9.35. The van der Waals surface area contributed by atoms with Crippen LogP contribution in [0.25, 0.3) is 11.1 Å². The van der Waals surface area contributed by atoms with E-state index < -0.39 is 24.3 Å². The third kappa shape index (κ3) is 6.88. The maximum atomic E-state index is 14.3. The first-order chi connectivity index (χ1) is 22.0. The molecule has 2 aromatic carbocycles. The van der Waals surface area contributed by atoms with Crippen LogP contribution in [-0.2, 0) is 4.79 Å². The molecule has 0 aliphatic carbocycles. The largest absolute Gasteiger partial charge is 0.480 e. The van der Waals surface area contributed by atoms with Crippen LogP contribution in [0.5, 0.6) is 5.88 Å². The second kappa shape index (κ2) is 12.8. The average Bonchev–Trinajstić information content (AvgIpc) is 3.47. The number of nitrogens with one attached hydrogen (secondary N) is 1. The summed E-state index contributed by atoms with van der Waals surface area (Å²) in [5.41, 5.74) is 7.59. The van der Waals surface area contributed by atoms with Crippen molar-refractivity contribution in [3.63, 3.8) is 0 Å². The van der Waals surface area contributed by atoms with Gasteiger partial charge >= 0.3 is 12.1 Å². The van der Waals surface area contributed by atoms with Gasteiger partial charge in [0.2, 0.25) is 17.9 Å². The van der Waals surface area contributed by atoms with E-state index in [1.165, 1.54) is 18.2 Å². The summed E-state index contributed by atoms with van der Waals surface area (Å²) >= 11 is 0. The molecule has 244 valence electrons. The van der Waals surface area contributed by atoms with E-state index in [1.54, 1.807) is 30.3 Å². The first kappa shape index (κ1) is 31.6. The molecule has 0 bridgehead atoms. The van der Waals surface area contributed by atoms with Crippen molar-refractivity contribution in [2.45, 2.75) is 56.8 Å². The Hall–Kier alpha value is -4.39. The second-order valence-corrected chi connectivity index (χ2v) is 12.5. The second-order valence-electron chi connectivity index (χ2n) is 12.5. The highest BCUT2D eigenvalue weighted by molar-refractivity contribution is 5.95. The maximum absolute atomic E-state index is 14.3. The molecule has 3 saturated heterocycles. The normalized spacial score (nSPS) is 20.5. The van der Waals surface area contributed by atoms with Gasteiger partial charge in [-0.1, -0.05) is 36.4 Å². The summed E-state index contributed by atoms with van der Waals surface area (Å²) < 4.78 is 48.5. The predicted octanol–water partition coefficient (Wildman–Crippen LogP) is 5.07. The van der Waals surface area contributed by atoms with Crippen molar-refractivity contribution in [3.8, 4) is 17.0 Å². The molecule has 1 amide bonds. The topological polar surface area (TPSA) is 134 Å². The van der Waals surface area contributed by atoms with Crippen LogP contribution >= 0.6 is 0 Å². The SMILES string of the molecule is Nc1nc(O[C@H](c2ccc(-c3cccc(C(=O)N4CCCCC4)c3)cc2)C(F)(F)F)cc(N2CCC3(CC2)CN[C@H](C(=O)O)C3)n1. The Morgan fingerprint density at radius 3 is 2.35 bits per heavy atom. The van der Waals surface area contributed by atoms with Gasteiger partial charge in [-0.05, 0) is 67.2 Å². The molecule has 6 rings (SSSR count). The molecule has 0 unspecified atom stereocenters. The van der Waals surface area contributed by atoms with E-state index in [1.807, 2.05) is 15.9 Å². The van der Waals surface area contributed by atoms with Gasteiger partial charge in [0, 0.05) is 49.9 Å². The third-order valence-electron chi connectivity index (χ3n) is 9.35. The average molecular weight is 639 g/mol. The number of halogens is 3. The number of likely N-dealkylation sites (tertiary alicyclic amines) is 1. The summed E-state index contributed by atoms with van der Waals surface area (Å²) in [5.74, 6) is -1.07. The van der Waals surface area contributed by atoms with Crippen LogP contribution in [0.1, 0.15) is 60.6 Å². The lowest BCUT2D eigenvalue weighted by molar-refractivity contribution is -0.198. The fraction of sp³-hybridized carbons (Fsp3) is 0.455. The number of carboxylic acids is 1. The van der Waals surface area contributed by atoms with Gasteiger partial charge < -0.3 is 30.7 Å². The number of benzene rings is 2. The number of aliphatic carboxylic acids is 1. The van der Waals surface area contributed by atoms with Crippen molar-refractivity contribution in [1.82, 2.24) is 20.2 Å². The van der Waals surface area contributed by atoms with E-state index in [4.69, 9.17) is 10.5 Å². The highest BCUT2D eigenvalue weighted by atomic mass is 19.4. The number of aromatic nitrogens is 2. The number of hydrogen-bond donors (Lipinski definition) is 3. The molecule has 0 radical (unpaired) electrons. The van der Waals surface area contributed by atoms with Gasteiger partial charge in [0.1, 0.15) is 11.9 Å². The van der Waals surface area contributed by atoms with Gasteiger partial charge in [-0.25, -0.2) is 0 Å². The van der Waals surface area contributed by atoms with Gasteiger partial charge in [-0.2, -0.15) is 23.1 Å². The lowest BCUT2D eigenvalue weighted by Gasteiger charge is -2.39. The summed E-state index contributed by atoms with van der Waals surface area (Å²) in [5, 5.41) is 12.4. The quantitative estimate of drug-likeness (QED) is 0.325. The number of anilines is 2. The van der Waals surface area contributed by atoms with Crippen LogP contribution in [0.2, 0.25) is 0 Å². The van der Waals surface area contributed by atoms with Crippen molar-refractivity contribution in [3.05, 3.63) is 65.7 Å². The number of hydrogen-bond acceptors (Lipinski definition) is 8. The number of nitrogens with two attached hydrogens (primary N) is 1. The van der Waals surface area contributed by atoms with E-state index in [0.717, 1.165) is 37.9 Å². The minimum Gasteiger partial charge on any atom is -0.480 e. The number of nitrogen functional groups attached to an aromatic ring is 1. The van der Waals surface area contributed by atoms with Crippen molar-refractivity contribution in [2.75, 3.05) is 43.4 Å². The summed E-state index contributed by atoms with van der Waals surface area (Å²) in [6, 6.07) is 13.8. The van der Waals surface area contributed by atoms with Crippen LogP contribution in [0.15, 0.2) is 54.6 Å². The van der Waals surface area contributed by atoms with Crippen molar-refractivity contribution < 1.29 is 32.6 Å². The number of rotatable bonds is 7. The number of carbonyl (C=O) groups is 2. The molecule has 4 heterocycles. The number of carboxylic acid groups (broad SMARTS) is 1. The Morgan fingerprint density at radius 2 is 1.70 bits per heavy atom. The summed E-state index contributed by atoms with van der Waals surface area (Å²) in [6.07, 6.45) is -2.05. The zero-order valence-electron chi connectivity index (χ0n) is 25.3. The van der Waals surface area contributed by atoms with Crippen LogP contribution < -0.4 is 20.7 Å². The first-order valence-electron chi connectivity index (χ1n) is 15.6. The molecule has 2 atom stereocenters. The Kier molecular flexibility index (Phi) is 8.78. The molecule has 46 heavy (non-hydrogen) atoms. The molecule has 3 aliphatic rings. The minimum absolute atomic E-state index is 0.0429. The Balaban J connectivity index is 1.16.